The summed E-state index contributed by atoms with van der Waals surface area (Å²) in [5.74, 6) is 0. The van der Waals surface area contributed by atoms with Crippen molar-refractivity contribution in [2.24, 2.45) is 7.05 Å². The molecule has 6 nitrogen and oxygen atoms in total. The molecule has 1 aromatic rings. The van der Waals surface area contributed by atoms with Crippen molar-refractivity contribution in [2.45, 2.75) is 13.0 Å². The molecule has 1 unspecified atom stereocenters. The van der Waals surface area contributed by atoms with E-state index in [-0.39, 0.29) is 18.2 Å². The fourth-order valence-corrected chi connectivity index (χ4v) is 2.85. The summed E-state index contributed by atoms with van der Waals surface area (Å²) in [5, 5.41) is 13.2. The number of aliphatic hydroxyl groups excluding tert-OH is 1. The number of rotatable bonds is 3. The standard InChI is InChI=1S/C12H19BrN4O2/c1-9(8-18)16-3-5-17(6-4-16)10-7-14-15(2)12(19)11(10)13/h7,9,18H,3-6,8H2,1-2H3. The van der Waals surface area contributed by atoms with Gasteiger partial charge in [0.15, 0.2) is 0 Å². The lowest BCUT2D eigenvalue weighted by molar-refractivity contribution is 0.128. The summed E-state index contributed by atoms with van der Waals surface area (Å²) in [6.45, 7) is 5.62. The van der Waals surface area contributed by atoms with Crippen molar-refractivity contribution in [3.8, 4) is 0 Å². The van der Waals surface area contributed by atoms with Gasteiger partial charge >= 0.3 is 0 Å². The fourth-order valence-electron chi connectivity index (χ4n) is 2.24. The van der Waals surface area contributed by atoms with Crippen molar-refractivity contribution in [3.63, 3.8) is 0 Å². The highest BCUT2D eigenvalue weighted by Gasteiger charge is 2.23. The highest BCUT2D eigenvalue weighted by molar-refractivity contribution is 9.10. The van der Waals surface area contributed by atoms with Crippen LogP contribution < -0.4 is 10.5 Å². The van der Waals surface area contributed by atoms with Crippen molar-refractivity contribution < 1.29 is 5.11 Å². The molecule has 19 heavy (non-hydrogen) atoms. The molecule has 1 atom stereocenters. The molecule has 0 amide bonds. The van der Waals surface area contributed by atoms with Crippen molar-refractivity contribution in [2.75, 3.05) is 37.7 Å². The van der Waals surface area contributed by atoms with E-state index in [4.69, 9.17) is 5.11 Å². The summed E-state index contributed by atoms with van der Waals surface area (Å²) in [6, 6.07) is 0.187. The van der Waals surface area contributed by atoms with Gasteiger partial charge in [-0.05, 0) is 22.9 Å². The first-order valence-corrected chi connectivity index (χ1v) is 7.15. The molecule has 0 aliphatic carbocycles. The summed E-state index contributed by atoms with van der Waals surface area (Å²) >= 11 is 3.36. The molecule has 1 aliphatic heterocycles. The Bertz CT molecular complexity index is 497. The lowest BCUT2D eigenvalue weighted by Gasteiger charge is -2.38. The molecule has 106 valence electrons. The van der Waals surface area contributed by atoms with E-state index in [1.165, 1.54) is 4.68 Å². The zero-order valence-corrected chi connectivity index (χ0v) is 12.8. The lowest BCUT2D eigenvalue weighted by Crippen LogP contribution is -2.51. The topological polar surface area (TPSA) is 61.6 Å². The van der Waals surface area contributed by atoms with Crippen LogP contribution in [0.4, 0.5) is 5.69 Å². The van der Waals surface area contributed by atoms with E-state index in [1.54, 1.807) is 13.2 Å². The van der Waals surface area contributed by atoms with Crippen molar-refractivity contribution in [1.82, 2.24) is 14.7 Å². The van der Waals surface area contributed by atoms with Gasteiger partial charge in [0, 0.05) is 39.3 Å². The van der Waals surface area contributed by atoms with E-state index in [0.717, 1.165) is 31.9 Å². The normalized spacial score (nSPS) is 18.6. The maximum Gasteiger partial charge on any atom is 0.282 e. The minimum atomic E-state index is -0.122. The van der Waals surface area contributed by atoms with Crippen LogP contribution in [0.25, 0.3) is 0 Å². The zero-order chi connectivity index (χ0) is 14.0. The number of anilines is 1. The Labute approximate surface area is 120 Å². The average molecular weight is 331 g/mol. The first kappa shape index (κ1) is 14.5. The van der Waals surface area contributed by atoms with E-state index >= 15 is 0 Å². The summed E-state index contributed by atoms with van der Waals surface area (Å²) < 4.78 is 1.88. The molecule has 1 saturated heterocycles. The Hall–Kier alpha value is -0.920. The van der Waals surface area contributed by atoms with Crippen molar-refractivity contribution >= 4 is 21.6 Å². The molecule has 0 radical (unpaired) electrons. The number of aromatic nitrogens is 2. The third-order valence-electron chi connectivity index (χ3n) is 3.60. The summed E-state index contributed by atoms with van der Waals surface area (Å²) in [5.41, 5.74) is 0.725. The second-order valence-electron chi connectivity index (χ2n) is 4.83. The van der Waals surface area contributed by atoms with Crippen LogP contribution in [0.2, 0.25) is 0 Å². The molecule has 0 aromatic carbocycles. The van der Waals surface area contributed by atoms with Crippen molar-refractivity contribution in [3.05, 3.63) is 21.0 Å². The molecular weight excluding hydrogens is 312 g/mol. The van der Waals surface area contributed by atoms with Crippen LogP contribution in [0, 0.1) is 0 Å². The first-order valence-electron chi connectivity index (χ1n) is 6.36. The van der Waals surface area contributed by atoms with E-state index in [9.17, 15) is 4.79 Å². The van der Waals surface area contributed by atoms with Gasteiger partial charge in [-0.25, -0.2) is 4.68 Å². The maximum atomic E-state index is 11.8. The molecule has 2 rings (SSSR count). The van der Waals surface area contributed by atoms with Gasteiger partial charge < -0.3 is 10.0 Å². The van der Waals surface area contributed by atoms with Crippen LogP contribution in [0.5, 0.6) is 0 Å². The second-order valence-corrected chi connectivity index (χ2v) is 5.62. The smallest absolute Gasteiger partial charge is 0.282 e. The first-order chi connectivity index (χ1) is 9.04. The molecular formula is C12H19BrN4O2. The fraction of sp³-hybridized carbons (Fsp3) is 0.667. The summed E-state index contributed by atoms with van der Waals surface area (Å²) in [4.78, 5) is 16.2. The van der Waals surface area contributed by atoms with Gasteiger partial charge in [-0.1, -0.05) is 0 Å². The van der Waals surface area contributed by atoms with E-state index in [1.807, 2.05) is 6.92 Å². The summed E-state index contributed by atoms with van der Waals surface area (Å²) in [7, 11) is 1.64. The molecule has 0 bridgehead atoms. The Morgan fingerprint density at radius 2 is 2.05 bits per heavy atom. The number of aryl methyl sites for hydroxylation is 1. The zero-order valence-electron chi connectivity index (χ0n) is 11.2. The highest BCUT2D eigenvalue weighted by atomic mass is 79.9. The Morgan fingerprint density at radius 1 is 1.42 bits per heavy atom. The number of nitrogens with zero attached hydrogens (tertiary/aromatic N) is 4. The number of hydrogen-bond acceptors (Lipinski definition) is 5. The number of hydrogen-bond donors (Lipinski definition) is 1. The van der Waals surface area contributed by atoms with Crippen LogP contribution in [0.3, 0.4) is 0 Å². The van der Waals surface area contributed by atoms with Gasteiger partial charge in [0.05, 0.1) is 18.5 Å². The predicted molar refractivity (Wildman–Crippen MR) is 77.5 cm³/mol. The Balaban J connectivity index is 2.10. The Kier molecular flexibility index (Phi) is 4.59. The number of aliphatic hydroxyl groups is 1. The molecule has 0 spiro atoms. The number of halogens is 1. The predicted octanol–water partition coefficient (Wildman–Crippen LogP) is 0.0456. The van der Waals surface area contributed by atoms with Crippen LogP contribution in [0.15, 0.2) is 15.5 Å². The third-order valence-corrected chi connectivity index (χ3v) is 4.35. The van der Waals surface area contributed by atoms with Gasteiger partial charge in [0.1, 0.15) is 4.47 Å². The highest BCUT2D eigenvalue weighted by Crippen LogP contribution is 2.22. The molecule has 1 aromatic heterocycles. The van der Waals surface area contributed by atoms with Crippen LogP contribution in [0.1, 0.15) is 6.92 Å². The Morgan fingerprint density at radius 3 is 2.63 bits per heavy atom. The van der Waals surface area contributed by atoms with Crippen LogP contribution >= 0.6 is 15.9 Å². The van der Waals surface area contributed by atoms with Crippen LogP contribution in [-0.4, -0.2) is 58.6 Å². The van der Waals surface area contributed by atoms with Crippen LogP contribution in [-0.2, 0) is 7.05 Å². The minimum absolute atomic E-state index is 0.122. The molecule has 2 heterocycles. The molecule has 1 aliphatic rings. The quantitative estimate of drug-likeness (QED) is 0.848. The molecule has 1 fully saturated rings. The second kappa shape index (κ2) is 6.02. The van der Waals surface area contributed by atoms with E-state index in [0.29, 0.717) is 4.47 Å². The van der Waals surface area contributed by atoms with Gasteiger partial charge in [-0.3, -0.25) is 9.69 Å². The third kappa shape index (κ3) is 2.98. The SMILES string of the molecule is CC(CO)N1CCN(c2cnn(C)c(=O)c2Br)CC1. The molecule has 7 heteroatoms. The lowest BCUT2D eigenvalue weighted by atomic mass is 10.2. The van der Waals surface area contributed by atoms with E-state index in [2.05, 4.69) is 30.8 Å². The molecule has 1 N–H and O–H groups in total. The number of piperazine rings is 1. The largest absolute Gasteiger partial charge is 0.395 e. The van der Waals surface area contributed by atoms with Crippen molar-refractivity contribution in [1.29, 1.82) is 0 Å². The van der Waals surface area contributed by atoms with Gasteiger partial charge in [-0.2, -0.15) is 5.10 Å². The van der Waals surface area contributed by atoms with Gasteiger partial charge in [0.2, 0.25) is 0 Å². The summed E-state index contributed by atoms with van der Waals surface area (Å²) in [6.07, 6.45) is 1.72. The monoisotopic (exact) mass is 330 g/mol. The molecule has 0 saturated carbocycles. The van der Waals surface area contributed by atoms with Gasteiger partial charge in [-0.15, -0.1) is 0 Å². The maximum absolute atomic E-state index is 11.8. The minimum Gasteiger partial charge on any atom is -0.395 e. The van der Waals surface area contributed by atoms with E-state index < -0.39 is 0 Å². The average Bonchev–Trinajstić information content (AvgIpc) is 2.44. The van der Waals surface area contributed by atoms with Gasteiger partial charge in [0.25, 0.3) is 5.56 Å².